The maximum absolute atomic E-state index is 9.75. The summed E-state index contributed by atoms with van der Waals surface area (Å²) in [7, 11) is -18.0. The molecule has 23 heavy (non-hydrogen) atoms. The third kappa shape index (κ3) is 70.5. The molecule has 0 aromatic rings. The molecule has 0 aliphatic heterocycles. The van der Waals surface area contributed by atoms with Crippen molar-refractivity contribution >= 4 is 70.7 Å². The van der Waals surface area contributed by atoms with Gasteiger partial charge >= 0.3 is 109 Å². The van der Waals surface area contributed by atoms with Gasteiger partial charge in [0, 0.05) is 0 Å². The van der Waals surface area contributed by atoms with Gasteiger partial charge in [0.1, 0.15) is 0 Å². The van der Waals surface area contributed by atoms with E-state index >= 15 is 0 Å². The summed E-state index contributed by atoms with van der Waals surface area (Å²) < 4.78 is 118. The maximum Gasteiger partial charge on any atom is 0.673 e. The Morgan fingerprint density at radius 3 is 0.957 bits per heavy atom. The molecular weight excluding hydrogens is 384 g/mol. The minimum atomic E-state index is -6.00. The molecule has 2 atom stereocenters. The first kappa shape index (κ1) is 28.8. The zero-order valence-corrected chi connectivity index (χ0v) is 15.4. The Kier molecular flexibility index (Phi) is 16.6. The van der Waals surface area contributed by atoms with E-state index in [1.807, 2.05) is 0 Å². The number of rotatable bonds is 0. The maximum atomic E-state index is 9.75. The van der Waals surface area contributed by atoms with Gasteiger partial charge in [0.15, 0.2) is 0 Å². The van der Waals surface area contributed by atoms with Gasteiger partial charge in [0.05, 0.1) is 0 Å². The summed E-state index contributed by atoms with van der Waals surface area (Å²) in [5.41, 5.74) is 0. The number of hydrogen-bond acceptors (Lipinski definition) is 0. The van der Waals surface area contributed by atoms with Crippen molar-refractivity contribution in [3.63, 3.8) is 0 Å². The SMILES string of the molecule is CC1CCCC[CH]1[K].F[B-](F)(F)F.F[B-](F)(F)F.F[B-](F)(F)F. The average molecular weight is 397 g/mol. The number of halogens is 12. The molecule has 0 heterocycles. The van der Waals surface area contributed by atoms with Crippen LogP contribution in [0.1, 0.15) is 32.6 Å². The van der Waals surface area contributed by atoms with E-state index in [0.29, 0.717) is 0 Å². The van der Waals surface area contributed by atoms with Crippen LogP contribution in [0.2, 0.25) is 0.0125 Å². The summed E-state index contributed by atoms with van der Waals surface area (Å²) in [6, 6.07) is 0. The van der Waals surface area contributed by atoms with E-state index in [0.717, 1.165) is 54.9 Å². The molecule has 1 aliphatic rings. The van der Waals surface area contributed by atoms with Crippen LogP contribution in [0.15, 0.2) is 0 Å². The first-order valence-electron chi connectivity index (χ1n) is 6.42. The molecule has 0 spiro atoms. The van der Waals surface area contributed by atoms with E-state index in [-0.39, 0.29) is 0 Å². The van der Waals surface area contributed by atoms with Crippen molar-refractivity contribution in [3.05, 3.63) is 0 Å². The minimum absolute atomic E-state index is 1.09. The van der Waals surface area contributed by atoms with Gasteiger partial charge < -0.3 is 51.8 Å². The summed E-state index contributed by atoms with van der Waals surface area (Å²) in [5, 5.41) is 0. The van der Waals surface area contributed by atoms with E-state index in [9.17, 15) is 51.8 Å². The Labute approximate surface area is 160 Å². The fraction of sp³-hybridized carbons (Fsp3) is 1.00. The van der Waals surface area contributed by atoms with Gasteiger partial charge in [0.25, 0.3) is 0 Å². The smallest absolute Gasteiger partial charge is 0.418 e. The summed E-state index contributed by atoms with van der Waals surface area (Å²) >= 11 is 1.10. The molecule has 0 bridgehead atoms. The first-order valence-corrected chi connectivity index (χ1v) is 8.23. The third-order valence-corrected chi connectivity index (χ3v) is 5.22. The van der Waals surface area contributed by atoms with E-state index < -0.39 is 21.8 Å². The summed E-state index contributed by atoms with van der Waals surface area (Å²) in [6.07, 6.45) is 6.11. The van der Waals surface area contributed by atoms with Crippen LogP contribution in [0.25, 0.3) is 0 Å². The monoisotopic (exact) mass is 397 g/mol. The Morgan fingerprint density at radius 1 is 0.609 bits per heavy atom. The van der Waals surface area contributed by atoms with E-state index in [4.69, 9.17) is 0 Å². The van der Waals surface area contributed by atoms with E-state index in [1.54, 1.807) is 6.42 Å². The Bertz CT molecular complexity index is 221. The van der Waals surface area contributed by atoms with Gasteiger partial charge in [-0.05, 0) is 0 Å². The second kappa shape index (κ2) is 13.2. The molecule has 0 aromatic carbocycles. The molecule has 1 fully saturated rings. The van der Waals surface area contributed by atoms with Crippen molar-refractivity contribution in [2.45, 2.75) is 32.6 Å². The van der Waals surface area contributed by atoms with Crippen LogP contribution in [0.3, 0.4) is 0 Å². The van der Waals surface area contributed by atoms with Crippen molar-refractivity contribution in [1.29, 1.82) is 0 Å². The molecule has 1 rings (SSSR count). The van der Waals surface area contributed by atoms with Gasteiger partial charge in [0.2, 0.25) is 0 Å². The van der Waals surface area contributed by atoms with Crippen LogP contribution < -0.4 is 0 Å². The summed E-state index contributed by atoms with van der Waals surface area (Å²) in [4.78, 5) is 0. The van der Waals surface area contributed by atoms with Crippen LogP contribution in [0.4, 0.5) is 51.8 Å². The molecule has 0 aromatic heterocycles. The van der Waals surface area contributed by atoms with Crippen LogP contribution in [-0.4, -0.2) is 70.7 Å². The van der Waals surface area contributed by atoms with Gasteiger partial charge in [-0.15, -0.1) is 0 Å². The van der Waals surface area contributed by atoms with Crippen LogP contribution >= 0.6 is 0 Å². The fourth-order valence-electron chi connectivity index (χ4n) is 1.50. The van der Waals surface area contributed by atoms with Crippen LogP contribution in [-0.2, 0) is 0 Å². The van der Waals surface area contributed by atoms with Crippen LogP contribution in [0, 0.1) is 5.92 Å². The molecule has 2 unspecified atom stereocenters. The Morgan fingerprint density at radius 2 is 0.826 bits per heavy atom. The average Bonchev–Trinajstić information content (AvgIpc) is 2.14. The van der Waals surface area contributed by atoms with Gasteiger partial charge in [-0.1, -0.05) is 0 Å². The zero-order valence-electron chi connectivity index (χ0n) is 12.3. The Hall–Kier alpha value is 0.991. The molecule has 1 saturated carbocycles. The second-order valence-electron chi connectivity index (χ2n) is 4.72. The molecule has 0 radical (unpaired) electrons. The topological polar surface area (TPSA) is 0 Å². The largest absolute Gasteiger partial charge is 0.673 e. The fourth-order valence-corrected chi connectivity index (χ4v) is 2.66. The van der Waals surface area contributed by atoms with E-state index in [1.165, 1.54) is 19.3 Å². The van der Waals surface area contributed by atoms with Crippen LogP contribution in [0.5, 0.6) is 0 Å². The Balaban J connectivity index is -0.000000240. The quantitative estimate of drug-likeness (QED) is 0.345. The summed E-state index contributed by atoms with van der Waals surface area (Å²) in [5.74, 6) is 1.09. The third-order valence-electron chi connectivity index (χ3n) is 2.54. The second-order valence-corrected chi connectivity index (χ2v) is 7.04. The normalized spacial score (nSPS) is 21.7. The molecule has 0 amide bonds. The van der Waals surface area contributed by atoms with Crippen molar-refractivity contribution in [2.24, 2.45) is 5.92 Å². The molecule has 0 N–H and O–H groups in total. The number of hydrogen-bond donors (Lipinski definition) is 0. The van der Waals surface area contributed by atoms with E-state index in [2.05, 4.69) is 6.92 Å². The minimum Gasteiger partial charge on any atom is -0.418 e. The van der Waals surface area contributed by atoms with Crippen molar-refractivity contribution in [1.82, 2.24) is 0 Å². The van der Waals surface area contributed by atoms with Gasteiger partial charge in [-0.25, -0.2) is 0 Å². The predicted molar refractivity (Wildman–Crippen MR) is 67.7 cm³/mol. The predicted octanol–water partition coefficient (Wildman–Crippen LogP) is 6.05. The molecule has 0 saturated heterocycles. The molecule has 1 aliphatic carbocycles. The molecule has 0 nitrogen and oxygen atoms in total. The van der Waals surface area contributed by atoms with Gasteiger partial charge in [-0.2, -0.15) is 0 Å². The van der Waals surface area contributed by atoms with Crippen molar-refractivity contribution < 1.29 is 51.8 Å². The van der Waals surface area contributed by atoms with Gasteiger partial charge in [-0.3, -0.25) is 0 Å². The van der Waals surface area contributed by atoms with Crippen molar-refractivity contribution in [2.75, 3.05) is 0 Å². The first-order chi connectivity index (χ1) is 9.80. The zero-order chi connectivity index (χ0) is 19.5. The summed E-state index contributed by atoms with van der Waals surface area (Å²) in [6.45, 7) is 2.43. The molecular formula is C7H13B3F12K-3. The molecule has 16 heteroatoms. The van der Waals surface area contributed by atoms with Crippen molar-refractivity contribution in [3.8, 4) is 0 Å². The molecule has 138 valence electrons. The standard InChI is InChI=1S/C7H13.3BF4.K/c1-7-5-3-2-4-6-7;3*2-1(3,4)5;/h5,7H,2-4,6H2,1H3;;;;/q;3*-1;.